The zero-order valence-electron chi connectivity index (χ0n) is 12.5. The van der Waals surface area contributed by atoms with Crippen molar-refractivity contribution < 1.29 is 18.9 Å². The summed E-state index contributed by atoms with van der Waals surface area (Å²) in [7, 11) is 0. The Balaban J connectivity index is 2.25. The summed E-state index contributed by atoms with van der Waals surface area (Å²) in [6.07, 6.45) is 0. The predicted molar refractivity (Wildman–Crippen MR) is 86.2 cm³/mol. The molecule has 124 valence electrons. The summed E-state index contributed by atoms with van der Waals surface area (Å²) in [4.78, 5) is 33.3. The van der Waals surface area contributed by atoms with Gasteiger partial charge in [-0.25, -0.2) is 4.39 Å². The van der Waals surface area contributed by atoms with Gasteiger partial charge in [-0.1, -0.05) is 0 Å². The molecular weight excluding hydrogens is 319 g/mol. The van der Waals surface area contributed by atoms with Crippen LogP contribution in [0.4, 0.5) is 27.1 Å². The van der Waals surface area contributed by atoms with Gasteiger partial charge in [-0.05, 0) is 30.3 Å². The highest BCUT2D eigenvalue weighted by molar-refractivity contribution is 6.05. The van der Waals surface area contributed by atoms with Crippen LogP contribution in [0.2, 0.25) is 0 Å². The van der Waals surface area contributed by atoms with E-state index in [0.717, 1.165) is 12.1 Å². The van der Waals surface area contributed by atoms with Gasteiger partial charge in [-0.15, -0.1) is 0 Å². The van der Waals surface area contributed by atoms with E-state index in [2.05, 4.69) is 10.6 Å². The van der Waals surface area contributed by atoms with Crippen molar-refractivity contribution in [2.24, 2.45) is 0 Å². The second-order valence-corrected chi connectivity index (χ2v) is 4.86. The smallest absolute Gasteiger partial charge is 0.292 e. The number of anilines is 3. The molecule has 0 aliphatic rings. The molecule has 0 unspecified atom stereocenters. The number of hydrogen-bond acceptors (Lipinski definition) is 5. The molecule has 0 aliphatic carbocycles. The fourth-order valence-electron chi connectivity index (χ4n) is 1.93. The molecule has 2 aromatic carbocycles. The summed E-state index contributed by atoms with van der Waals surface area (Å²) in [6.45, 7) is 1.22. The number of halogens is 1. The molecule has 2 aromatic rings. The molecule has 0 saturated heterocycles. The van der Waals surface area contributed by atoms with Crippen molar-refractivity contribution in [1.29, 1.82) is 0 Å². The third-order valence-corrected chi connectivity index (χ3v) is 3.02. The Labute approximate surface area is 135 Å². The summed E-state index contributed by atoms with van der Waals surface area (Å²) in [5, 5.41) is 15.6. The normalized spacial score (nSPS) is 10.1. The van der Waals surface area contributed by atoms with Crippen molar-refractivity contribution in [3.8, 4) is 0 Å². The third kappa shape index (κ3) is 3.83. The molecular formula is C15H13FN4O4. The number of nitro groups is 1. The van der Waals surface area contributed by atoms with Gasteiger partial charge < -0.3 is 16.4 Å². The number of carbonyl (C=O) groups is 2. The lowest BCUT2D eigenvalue weighted by molar-refractivity contribution is -0.383. The van der Waals surface area contributed by atoms with Crippen molar-refractivity contribution in [2.75, 3.05) is 16.4 Å². The number of nitro benzene ring substituents is 1. The van der Waals surface area contributed by atoms with Gasteiger partial charge in [0.2, 0.25) is 5.91 Å². The van der Waals surface area contributed by atoms with E-state index in [0.29, 0.717) is 0 Å². The molecule has 0 atom stereocenters. The summed E-state index contributed by atoms with van der Waals surface area (Å²) >= 11 is 0. The number of nitrogens with two attached hydrogens (primary N) is 1. The summed E-state index contributed by atoms with van der Waals surface area (Å²) in [5.41, 5.74) is 5.15. The van der Waals surface area contributed by atoms with E-state index in [9.17, 15) is 24.1 Å². The van der Waals surface area contributed by atoms with Crippen LogP contribution in [0.1, 0.15) is 17.3 Å². The Morgan fingerprint density at radius 1 is 1.17 bits per heavy atom. The number of rotatable bonds is 4. The molecule has 0 aromatic heterocycles. The first-order chi connectivity index (χ1) is 11.3. The Morgan fingerprint density at radius 2 is 1.88 bits per heavy atom. The average molecular weight is 332 g/mol. The summed E-state index contributed by atoms with van der Waals surface area (Å²) in [5.74, 6) is -1.77. The number of nitrogen functional groups attached to an aromatic ring is 1. The van der Waals surface area contributed by atoms with Crippen LogP contribution in [0, 0.1) is 15.9 Å². The molecule has 24 heavy (non-hydrogen) atoms. The number of carbonyl (C=O) groups excluding carboxylic acids is 2. The van der Waals surface area contributed by atoms with Crippen LogP contribution in [-0.2, 0) is 4.79 Å². The van der Waals surface area contributed by atoms with Gasteiger partial charge in [0.05, 0.1) is 10.6 Å². The maximum atomic E-state index is 13.6. The number of nitrogens with one attached hydrogen (secondary N) is 2. The standard InChI is InChI=1S/C15H13FN4O4/c1-8(21)18-13-7-10(3-4-11(13)16)19-15(22)9-2-5-12(17)14(6-9)20(23)24/h2-7H,17H2,1H3,(H,18,21)(H,19,22). The molecule has 0 saturated carbocycles. The van der Waals surface area contributed by atoms with Gasteiger partial charge in [-0.2, -0.15) is 0 Å². The van der Waals surface area contributed by atoms with Gasteiger partial charge in [-0.3, -0.25) is 19.7 Å². The quantitative estimate of drug-likeness (QED) is 0.450. The number of hydrogen-bond donors (Lipinski definition) is 3. The first-order valence-electron chi connectivity index (χ1n) is 6.70. The minimum absolute atomic E-state index is 0.0151. The Morgan fingerprint density at radius 3 is 2.50 bits per heavy atom. The summed E-state index contributed by atoms with van der Waals surface area (Å²) in [6, 6.07) is 7.23. The molecule has 9 heteroatoms. The molecule has 2 amide bonds. The highest BCUT2D eigenvalue weighted by Crippen LogP contribution is 2.24. The van der Waals surface area contributed by atoms with Crippen LogP contribution < -0.4 is 16.4 Å². The Hall–Kier alpha value is -3.49. The van der Waals surface area contributed by atoms with E-state index in [1.165, 1.54) is 31.2 Å². The van der Waals surface area contributed by atoms with E-state index in [-0.39, 0.29) is 28.3 Å². The predicted octanol–water partition coefficient (Wildman–Crippen LogP) is 2.53. The molecule has 0 radical (unpaired) electrons. The highest BCUT2D eigenvalue weighted by atomic mass is 19.1. The minimum Gasteiger partial charge on any atom is -0.393 e. The van der Waals surface area contributed by atoms with Crippen LogP contribution in [0.15, 0.2) is 36.4 Å². The zero-order chi connectivity index (χ0) is 17.9. The van der Waals surface area contributed by atoms with E-state index in [4.69, 9.17) is 5.73 Å². The van der Waals surface area contributed by atoms with Crippen molar-refractivity contribution in [1.82, 2.24) is 0 Å². The zero-order valence-corrected chi connectivity index (χ0v) is 12.5. The SMILES string of the molecule is CC(=O)Nc1cc(NC(=O)c2ccc(N)c([N+](=O)[O-])c2)ccc1F. The topological polar surface area (TPSA) is 127 Å². The van der Waals surface area contributed by atoms with Crippen molar-refractivity contribution >= 4 is 34.6 Å². The first kappa shape index (κ1) is 16.9. The van der Waals surface area contributed by atoms with Crippen molar-refractivity contribution in [2.45, 2.75) is 6.92 Å². The largest absolute Gasteiger partial charge is 0.393 e. The van der Waals surface area contributed by atoms with E-state index in [1.807, 2.05) is 0 Å². The van der Waals surface area contributed by atoms with Gasteiger partial charge in [0.1, 0.15) is 11.5 Å². The second kappa shape index (κ2) is 6.73. The molecule has 8 nitrogen and oxygen atoms in total. The van der Waals surface area contributed by atoms with Crippen molar-refractivity contribution in [3.63, 3.8) is 0 Å². The number of nitrogens with zero attached hydrogens (tertiary/aromatic N) is 1. The van der Waals surface area contributed by atoms with Crippen LogP contribution >= 0.6 is 0 Å². The average Bonchev–Trinajstić information content (AvgIpc) is 2.50. The molecule has 0 bridgehead atoms. The van der Waals surface area contributed by atoms with Gasteiger partial charge in [0.25, 0.3) is 11.6 Å². The fraction of sp³-hybridized carbons (Fsp3) is 0.0667. The van der Waals surface area contributed by atoms with Gasteiger partial charge in [0, 0.05) is 24.2 Å². The van der Waals surface area contributed by atoms with E-state index in [1.54, 1.807) is 0 Å². The third-order valence-electron chi connectivity index (χ3n) is 3.02. The van der Waals surface area contributed by atoms with Crippen molar-refractivity contribution in [3.05, 3.63) is 57.9 Å². The fourth-order valence-corrected chi connectivity index (χ4v) is 1.93. The minimum atomic E-state index is -0.696. The van der Waals surface area contributed by atoms with Crippen LogP contribution in [-0.4, -0.2) is 16.7 Å². The van der Waals surface area contributed by atoms with E-state index < -0.39 is 22.6 Å². The lowest BCUT2D eigenvalue weighted by Gasteiger charge is -2.09. The number of amides is 2. The summed E-state index contributed by atoms with van der Waals surface area (Å²) < 4.78 is 13.6. The Kier molecular flexibility index (Phi) is 4.73. The maximum Gasteiger partial charge on any atom is 0.292 e. The molecule has 0 aliphatic heterocycles. The molecule has 2 rings (SSSR count). The molecule has 0 heterocycles. The lowest BCUT2D eigenvalue weighted by Crippen LogP contribution is -2.13. The number of benzene rings is 2. The lowest BCUT2D eigenvalue weighted by atomic mass is 10.1. The molecule has 0 spiro atoms. The van der Waals surface area contributed by atoms with Gasteiger partial charge in [0.15, 0.2) is 0 Å². The first-order valence-corrected chi connectivity index (χ1v) is 6.70. The molecule has 4 N–H and O–H groups in total. The van der Waals surface area contributed by atoms with E-state index >= 15 is 0 Å². The highest BCUT2D eigenvalue weighted by Gasteiger charge is 2.16. The van der Waals surface area contributed by atoms with Crippen LogP contribution in [0.25, 0.3) is 0 Å². The van der Waals surface area contributed by atoms with Gasteiger partial charge >= 0.3 is 0 Å². The maximum absolute atomic E-state index is 13.6. The monoisotopic (exact) mass is 332 g/mol. The van der Waals surface area contributed by atoms with Crippen LogP contribution in [0.5, 0.6) is 0 Å². The Bertz CT molecular complexity index is 838. The molecule has 0 fully saturated rings. The second-order valence-electron chi connectivity index (χ2n) is 4.86. The van der Waals surface area contributed by atoms with Crippen LogP contribution in [0.3, 0.4) is 0 Å².